The van der Waals surface area contributed by atoms with E-state index in [0.717, 1.165) is 25.4 Å². The zero-order chi connectivity index (χ0) is 14.5. The zero-order valence-corrected chi connectivity index (χ0v) is 12.5. The van der Waals surface area contributed by atoms with Gasteiger partial charge in [-0.3, -0.25) is 0 Å². The number of nitrogens with zero attached hydrogens (tertiary/aromatic N) is 3. The Morgan fingerprint density at radius 3 is 3.05 bits per heavy atom. The second-order valence-corrected chi connectivity index (χ2v) is 5.70. The van der Waals surface area contributed by atoms with E-state index in [1.807, 2.05) is 22.7 Å². The summed E-state index contributed by atoms with van der Waals surface area (Å²) in [5.74, 6) is 1.38. The molecule has 1 aromatic heterocycles. The number of urea groups is 1. The number of hydrogen-bond acceptors (Lipinski definition) is 3. The molecule has 2 rings (SSSR count). The van der Waals surface area contributed by atoms with E-state index in [1.165, 1.54) is 0 Å². The number of likely N-dealkylation sites (tertiary alicyclic amines) is 1. The first kappa shape index (κ1) is 14.8. The fourth-order valence-electron chi connectivity index (χ4n) is 2.21. The lowest BCUT2D eigenvalue weighted by molar-refractivity contribution is 0.0436. The maximum Gasteiger partial charge on any atom is 0.317 e. The molecule has 0 radical (unpaired) electrons. The first-order valence-electron chi connectivity index (χ1n) is 7.17. The molecule has 0 aliphatic carbocycles. The van der Waals surface area contributed by atoms with Crippen molar-refractivity contribution in [3.8, 4) is 0 Å². The highest BCUT2D eigenvalue weighted by molar-refractivity contribution is 5.74. The molecule has 0 bridgehead atoms. The van der Waals surface area contributed by atoms with Gasteiger partial charge in [-0.1, -0.05) is 13.8 Å². The minimum Gasteiger partial charge on any atom is -0.376 e. The summed E-state index contributed by atoms with van der Waals surface area (Å²) in [6.07, 6.45) is 4.69. The molecule has 0 spiro atoms. The van der Waals surface area contributed by atoms with Gasteiger partial charge in [0, 0.05) is 39.1 Å². The zero-order valence-electron chi connectivity index (χ0n) is 12.5. The number of nitrogens with one attached hydrogen (secondary N) is 1. The molecule has 20 heavy (non-hydrogen) atoms. The van der Waals surface area contributed by atoms with Gasteiger partial charge in [0.2, 0.25) is 0 Å². The van der Waals surface area contributed by atoms with Gasteiger partial charge in [-0.15, -0.1) is 0 Å². The van der Waals surface area contributed by atoms with Crippen LogP contribution in [0.4, 0.5) is 4.79 Å². The van der Waals surface area contributed by atoms with Crippen molar-refractivity contribution in [2.75, 3.05) is 19.7 Å². The first-order valence-corrected chi connectivity index (χ1v) is 7.17. The number of aryl methyl sites for hydroxylation is 1. The first-order chi connectivity index (χ1) is 9.56. The van der Waals surface area contributed by atoms with Crippen LogP contribution in [0.3, 0.4) is 0 Å². The van der Waals surface area contributed by atoms with Crippen molar-refractivity contribution >= 4 is 6.03 Å². The monoisotopic (exact) mass is 280 g/mol. The van der Waals surface area contributed by atoms with E-state index < -0.39 is 0 Å². The van der Waals surface area contributed by atoms with Crippen LogP contribution in [0.2, 0.25) is 0 Å². The third kappa shape index (κ3) is 3.96. The van der Waals surface area contributed by atoms with Crippen molar-refractivity contribution in [1.82, 2.24) is 19.8 Å². The molecule has 0 saturated carbocycles. The summed E-state index contributed by atoms with van der Waals surface area (Å²) in [7, 11) is 1.92. The summed E-state index contributed by atoms with van der Waals surface area (Å²) in [4.78, 5) is 18.1. The van der Waals surface area contributed by atoms with Crippen molar-refractivity contribution in [3.05, 3.63) is 18.2 Å². The highest BCUT2D eigenvalue weighted by atomic mass is 16.5. The maximum atomic E-state index is 12.1. The van der Waals surface area contributed by atoms with Gasteiger partial charge in [0.05, 0.1) is 12.6 Å². The maximum absolute atomic E-state index is 12.1. The molecular weight excluding hydrogens is 256 g/mol. The Labute approximate surface area is 120 Å². The van der Waals surface area contributed by atoms with E-state index >= 15 is 0 Å². The average Bonchev–Trinajstić information content (AvgIpc) is 3.02. The lowest BCUT2D eigenvalue weighted by Gasteiger charge is -2.18. The van der Waals surface area contributed by atoms with E-state index in [4.69, 9.17) is 4.74 Å². The van der Waals surface area contributed by atoms with Crippen molar-refractivity contribution < 1.29 is 9.53 Å². The molecular formula is C14H24N4O2. The highest BCUT2D eigenvalue weighted by Crippen LogP contribution is 2.13. The van der Waals surface area contributed by atoms with E-state index in [0.29, 0.717) is 19.0 Å². The van der Waals surface area contributed by atoms with Crippen LogP contribution in [0, 0.1) is 5.92 Å². The largest absolute Gasteiger partial charge is 0.376 e. The fraction of sp³-hybridized carbons (Fsp3) is 0.714. The summed E-state index contributed by atoms with van der Waals surface area (Å²) in [6.45, 7) is 6.91. The Hall–Kier alpha value is -1.56. The molecule has 1 aromatic rings. The minimum absolute atomic E-state index is 0.0383. The molecule has 1 atom stereocenters. The summed E-state index contributed by atoms with van der Waals surface area (Å²) in [6, 6.07) is -0.0383. The smallest absolute Gasteiger partial charge is 0.317 e. The molecule has 6 nitrogen and oxygen atoms in total. The fourth-order valence-corrected chi connectivity index (χ4v) is 2.21. The lowest BCUT2D eigenvalue weighted by atomic mass is 10.2. The molecule has 0 aromatic carbocycles. The van der Waals surface area contributed by atoms with Gasteiger partial charge in [0.1, 0.15) is 5.82 Å². The second-order valence-electron chi connectivity index (χ2n) is 5.70. The molecule has 0 unspecified atom stereocenters. The van der Waals surface area contributed by atoms with Crippen LogP contribution in [-0.4, -0.2) is 46.3 Å². The summed E-state index contributed by atoms with van der Waals surface area (Å²) >= 11 is 0. The summed E-state index contributed by atoms with van der Waals surface area (Å²) in [5, 5.41) is 2.90. The van der Waals surface area contributed by atoms with E-state index in [2.05, 4.69) is 24.1 Å². The van der Waals surface area contributed by atoms with Crippen LogP contribution in [0.15, 0.2) is 12.4 Å². The van der Waals surface area contributed by atoms with Gasteiger partial charge in [0.15, 0.2) is 0 Å². The number of rotatable bonds is 5. The van der Waals surface area contributed by atoms with Gasteiger partial charge in [-0.05, 0) is 12.3 Å². The van der Waals surface area contributed by atoms with Gasteiger partial charge in [-0.2, -0.15) is 0 Å². The number of carbonyl (C=O) groups is 1. The molecule has 2 amide bonds. The topological polar surface area (TPSA) is 59.4 Å². The van der Waals surface area contributed by atoms with Gasteiger partial charge in [-0.25, -0.2) is 9.78 Å². The normalized spacial score (nSPS) is 18.8. The number of ether oxygens (including phenoxy) is 1. The molecule has 1 N–H and O–H groups in total. The molecule has 112 valence electrons. The minimum atomic E-state index is -0.0383. The molecule has 6 heteroatoms. The Balaban J connectivity index is 1.73. The number of hydrogen-bond donors (Lipinski definition) is 1. The third-order valence-electron chi connectivity index (χ3n) is 3.42. The van der Waals surface area contributed by atoms with E-state index in [9.17, 15) is 4.79 Å². The number of imidazole rings is 1. The lowest BCUT2D eigenvalue weighted by Crippen LogP contribution is -2.39. The van der Waals surface area contributed by atoms with Gasteiger partial charge < -0.3 is 19.5 Å². The van der Waals surface area contributed by atoms with Crippen molar-refractivity contribution in [2.24, 2.45) is 13.0 Å². The standard InChI is InChI=1S/C14H24N4O2/c1-11(2)10-20-12-4-6-18(9-12)14(19)16-8-13-15-5-7-17(13)3/h5,7,11-12H,4,6,8-10H2,1-3H3,(H,16,19)/t12-/m0/s1. The van der Waals surface area contributed by atoms with Crippen molar-refractivity contribution in [2.45, 2.75) is 32.9 Å². The van der Waals surface area contributed by atoms with E-state index in [1.54, 1.807) is 6.20 Å². The number of amides is 2. The van der Waals surface area contributed by atoms with Crippen LogP contribution >= 0.6 is 0 Å². The molecule has 2 heterocycles. The molecule has 1 aliphatic rings. The predicted molar refractivity (Wildman–Crippen MR) is 76.2 cm³/mol. The number of aromatic nitrogens is 2. The van der Waals surface area contributed by atoms with Crippen LogP contribution in [0.25, 0.3) is 0 Å². The highest BCUT2D eigenvalue weighted by Gasteiger charge is 2.26. The second kappa shape index (κ2) is 6.74. The van der Waals surface area contributed by atoms with Crippen LogP contribution in [0.5, 0.6) is 0 Å². The van der Waals surface area contributed by atoms with E-state index in [-0.39, 0.29) is 12.1 Å². The Kier molecular flexibility index (Phi) is 5.00. The summed E-state index contributed by atoms with van der Waals surface area (Å²) < 4.78 is 7.68. The third-order valence-corrected chi connectivity index (χ3v) is 3.42. The predicted octanol–water partition coefficient (Wildman–Crippen LogP) is 1.38. The molecule has 1 fully saturated rings. The van der Waals surface area contributed by atoms with Crippen LogP contribution < -0.4 is 5.32 Å². The molecule has 1 aliphatic heterocycles. The number of carbonyl (C=O) groups excluding carboxylic acids is 1. The molecule has 1 saturated heterocycles. The van der Waals surface area contributed by atoms with Crippen LogP contribution in [0.1, 0.15) is 26.1 Å². The van der Waals surface area contributed by atoms with Crippen molar-refractivity contribution in [3.63, 3.8) is 0 Å². The van der Waals surface area contributed by atoms with Gasteiger partial charge >= 0.3 is 6.03 Å². The Morgan fingerprint density at radius 2 is 2.40 bits per heavy atom. The van der Waals surface area contributed by atoms with Gasteiger partial charge in [0.25, 0.3) is 0 Å². The quantitative estimate of drug-likeness (QED) is 0.886. The van der Waals surface area contributed by atoms with Crippen molar-refractivity contribution in [1.29, 1.82) is 0 Å². The van der Waals surface area contributed by atoms with Crippen LogP contribution in [-0.2, 0) is 18.3 Å². The summed E-state index contributed by atoms with van der Waals surface area (Å²) in [5.41, 5.74) is 0. The SMILES string of the molecule is CC(C)CO[C@H]1CCN(C(=O)NCc2nccn2C)C1. The Morgan fingerprint density at radius 1 is 1.60 bits per heavy atom. The average molecular weight is 280 g/mol. The Bertz CT molecular complexity index is 444.